The van der Waals surface area contributed by atoms with Crippen LogP contribution < -0.4 is 5.32 Å². The van der Waals surface area contributed by atoms with Crippen molar-refractivity contribution >= 4 is 15.9 Å². The van der Waals surface area contributed by atoms with Gasteiger partial charge in [0.25, 0.3) is 0 Å². The van der Waals surface area contributed by atoms with E-state index in [0.717, 1.165) is 42.9 Å². The number of amides is 1. The zero-order valence-corrected chi connectivity index (χ0v) is 20.1. The second-order valence-corrected chi connectivity index (χ2v) is 10.3. The number of rotatable bonds is 7. The number of aromatic nitrogens is 3. The Morgan fingerprint density at radius 3 is 2.32 bits per heavy atom. The lowest BCUT2D eigenvalue weighted by Crippen LogP contribution is -2.45. The molecule has 3 heterocycles. The maximum atomic E-state index is 14.2. The largest absolute Gasteiger partial charge is 0.451 e. The van der Waals surface area contributed by atoms with Gasteiger partial charge in [-0.05, 0) is 35.9 Å². The quantitative estimate of drug-likeness (QED) is 0.444. The van der Waals surface area contributed by atoms with Gasteiger partial charge in [0, 0.05) is 49.2 Å². The van der Waals surface area contributed by atoms with Crippen molar-refractivity contribution in [2.24, 2.45) is 0 Å². The van der Waals surface area contributed by atoms with Crippen LogP contribution in [0.2, 0.25) is 0 Å². The summed E-state index contributed by atoms with van der Waals surface area (Å²) in [5, 5.41) is 2.46. The van der Waals surface area contributed by atoms with Crippen molar-refractivity contribution in [2.45, 2.75) is 42.9 Å². The van der Waals surface area contributed by atoms with Crippen molar-refractivity contribution in [3.63, 3.8) is 0 Å². The number of alkyl halides is 5. The molecule has 8 nitrogen and oxygen atoms in total. The Kier molecular flexibility index (Phi) is 7.69. The van der Waals surface area contributed by atoms with E-state index in [0.29, 0.717) is 4.31 Å². The zero-order valence-electron chi connectivity index (χ0n) is 19.3. The molecule has 1 fully saturated rings. The number of pyridine rings is 1. The first-order valence-corrected chi connectivity index (χ1v) is 12.5. The minimum absolute atomic E-state index is 0.0625. The molecule has 1 amide bonds. The monoisotopic (exact) mass is 559 g/mol. The lowest BCUT2D eigenvalue weighted by molar-refractivity contribution is -0.145. The number of sulfonamides is 1. The first-order valence-electron chi connectivity index (χ1n) is 11.0. The predicted molar refractivity (Wildman–Crippen MR) is 121 cm³/mol. The van der Waals surface area contributed by atoms with Crippen molar-refractivity contribution in [3.05, 3.63) is 71.7 Å². The van der Waals surface area contributed by atoms with Gasteiger partial charge in [-0.1, -0.05) is 0 Å². The van der Waals surface area contributed by atoms with E-state index >= 15 is 0 Å². The van der Waals surface area contributed by atoms with Crippen LogP contribution in [0.5, 0.6) is 0 Å². The lowest BCUT2D eigenvalue weighted by Gasteiger charge is -2.23. The first-order chi connectivity index (χ1) is 17.9. The predicted octanol–water partition coefficient (Wildman–Crippen LogP) is 3.58. The highest BCUT2D eigenvalue weighted by molar-refractivity contribution is 7.89. The fourth-order valence-electron chi connectivity index (χ4n) is 3.88. The Bertz CT molecular complexity index is 1420. The highest BCUT2D eigenvalue weighted by Gasteiger charge is 2.44. The third kappa shape index (κ3) is 5.78. The third-order valence-electron chi connectivity index (χ3n) is 5.81. The Morgan fingerprint density at radius 2 is 1.71 bits per heavy atom. The Hall–Kier alpha value is -3.59. The lowest BCUT2D eigenvalue weighted by atomic mass is 10.1. The molecule has 15 heteroatoms. The fourth-order valence-corrected chi connectivity index (χ4v) is 5.50. The van der Waals surface area contributed by atoms with Crippen molar-refractivity contribution in [2.75, 3.05) is 6.54 Å². The smallest absolute Gasteiger partial charge is 0.351 e. The molecule has 0 saturated carbocycles. The molecule has 1 saturated heterocycles. The van der Waals surface area contributed by atoms with Crippen LogP contribution >= 0.6 is 0 Å². The molecule has 38 heavy (non-hydrogen) atoms. The summed E-state index contributed by atoms with van der Waals surface area (Å²) in [4.78, 5) is 23.1. The minimum atomic E-state index is -4.74. The molecule has 0 radical (unpaired) electrons. The third-order valence-corrected chi connectivity index (χ3v) is 7.70. The van der Waals surface area contributed by atoms with E-state index in [-0.39, 0.29) is 33.8 Å². The van der Waals surface area contributed by atoms with E-state index < -0.39 is 65.6 Å². The molecule has 1 N–H and O–H groups in total. The maximum absolute atomic E-state index is 14.2. The van der Waals surface area contributed by atoms with Crippen LogP contribution in [0.1, 0.15) is 23.4 Å². The molecule has 202 valence electrons. The molecule has 2 aromatic heterocycles. The molecule has 3 aromatic rings. The van der Waals surface area contributed by atoms with Crippen LogP contribution in [0.4, 0.5) is 26.3 Å². The molecular weight excluding hydrogens is 540 g/mol. The Balaban J connectivity index is 1.53. The van der Waals surface area contributed by atoms with E-state index in [4.69, 9.17) is 0 Å². The summed E-state index contributed by atoms with van der Waals surface area (Å²) < 4.78 is 106. The number of hydrogen-bond donors (Lipinski definition) is 1. The number of carbonyl (C=O) groups excluding carboxylic acids is 1. The molecular formula is C23H19F6N5O3S. The molecule has 0 unspecified atom stereocenters. The summed E-state index contributed by atoms with van der Waals surface area (Å²) in [5.74, 6) is -2.87. The van der Waals surface area contributed by atoms with Gasteiger partial charge in [-0.2, -0.15) is 17.5 Å². The van der Waals surface area contributed by atoms with Gasteiger partial charge in [-0.25, -0.2) is 31.6 Å². The second-order valence-electron chi connectivity index (χ2n) is 8.36. The van der Waals surface area contributed by atoms with Gasteiger partial charge in [-0.3, -0.25) is 9.78 Å². The van der Waals surface area contributed by atoms with E-state index in [1.165, 1.54) is 6.07 Å². The average Bonchev–Trinajstić information content (AvgIpc) is 3.29. The molecule has 4 rings (SSSR count). The van der Waals surface area contributed by atoms with Gasteiger partial charge >= 0.3 is 6.18 Å². The first kappa shape index (κ1) is 27.4. The van der Waals surface area contributed by atoms with Gasteiger partial charge in [0.1, 0.15) is 24.7 Å². The number of nitrogens with one attached hydrogen (secondary N) is 1. The highest BCUT2D eigenvalue weighted by Crippen LogP contribution is 2.29. The van der Waals surface area contributed by atoms with Gasteiger partial charge < -0.3 is 5.32 Å². The van der Waals surface area contributed by atoms with Crippen LogP contribution in [0.15, 0.2) is 53.8 Å². The van der Waals surface area contributed by atoms with Gasteiger partial charge in [0.15, 0.2) is 0 Å². The molecule has 1 aliphatic rings. The van der Waals surface area contributed by atoms with Crippen LogP contribution in [0.3, 0.4) is 0 Å². The van der Waals surface area contributed by atoms with Crippen molar-refractivity contribution in [3.8, 4) is 11.3 Å². The topological polar surface area (TPSA) is 105 Å². The van der Waals surface area contributed by atoms with Gasteiger partial charge in [0.2, 0.25) is 21.8 Å². The summed E-state index contributed by atoms with van der Waals surface area (Å²) >= 11 is 0. The van der Waals surface area contributed by atoms with E-state index in [1.807, 2.05) is 0 Å². The van der Waals surface area contributed by atoms with Crippen LogP contribution in [-0.4, -0.2) is 52.3 Å². The fraction of sp³-hybridized carbons (Fsp3) is 0.304. The Morgan fingerprint density at radius 1 is 1.05 bits per heavy atom. The minimum Gasteiger partial charge on any atom is -0.351 e. The number of halogens is 6. The summed E-state index contributed by atoms with van der Waals surface area (Å²) in [6, 6.07) is 3.75. The van der Waals surface area contributed by atoms with Gasteiger partial charge in [0.05, 0.1) is 10.6 Å². The molecule has 1 aromatic carbocycles. The number of benzene rings is 1. The summed E-state index contributed by atoms with van der Waals surface area (Å²) in [5.41, 5.74) is 0.468. The Labute approximate surface area is 212 Å². The van der Waals surface area contributed by atoms with E-state index in [2.05, 4.69) is 20.3 Å². The SMILES string of the molecule is O=C(NCc1cc(-c2cnc(C(F)(F)F)nc2)ncc1CF)[C@@H]1C[C@@H](F)CN1S(=O)(=O)c1ccc(F)cc1. The molecule has 0 bridgehead atoms. The van der Waals surface area contributed by atoms with Crippen LogP contribution in [0, 0.1) is 5.82 Å². The van der Waals surface area contributed by atoms with Crippen molar-refractivity contribution in [1.82, 2.24) is 24.6 Å². The average molecular weight is 559 g/mol. The summed E-state index contributed by atoms with van der Waals surface area (Å²) in [7, 11) is -4.33. The standard InChI is InChI=1S/C23H19F6N5O3S/c24-7-14-9-30-19(15-10-32-22(33-11-15)23(27,28)29)5-13(14)8-31-21(35)20-6-17(26)12-34(20)38(36,37)18-3-1-16(25)2-4-18/h1-5,9-11,17,20H,6-8,12H2,(H,31,35)/t17-,20+/m1/s1. The molecule has 2 atom stereocenters. The van der Waals surface area contributed by atoms with Crippen LogP contribution in [0.25, 0.3) is 11.3 Å². The molecule has 0 spiro atoms. The summed E-state index contributed by atoms with van der Waals surface area (Å²) in [6.07, 6.45) is -3.87. The highest BCUT2D eigenvalue weighted by atomic mass is 32.2. The van der Waals surface area contributed by atoms with E-state index in [9.17, 15) is 39.6 Å². The van der Waals surface area contributed by atoms with E-state index in [1.54, 1.807) is 0 Å². The zero-order chi connectivity index (χ0) is 27.7. The number of nitrogens with zero attached hydrogens (tertiary/aromatic N) is 4. The molecule has 1 aliphatic heterocycles. The maximum Gasteiger partial charge on any atom is 0.451 e. The number of hydrogen-bond acceptors (Lipinski definition) is 6. The van der Waals surface area contributed by atoms with Crippen molar-refractivity contribution in [1.29, 1.82) is 0 Å². The number of carbonyl (C=O) groups is 1. The normalized spacial score (nSPS) is 18.5. The van der Waals surface area contributed by atoms with Crippen LogP contribution in [-0.2, 0) is 34.2 Å². The second kappa shape index (κ2) is 10.6. The van der Waals surface area contributed by atoms with Crippen molar-refractivity contribution < 1.29 is 39.6 Å². The summed E-state index contributed by atoms with van der Waals surface area (Å²) in [6.45, 7) is -1.88. The van der Waals surface area contributed by atoms with Gasteiger partial charge in [-0.15, -0.1) is 0 Å². The molecule has 0 aliphatic carbocycles.